The van der Waals surface area contributed by atoms with Crippen molar-refractivity contribution in [3.8, 4) is 5.75 Å². The molecule has 25 heavy (non-hydrogen) atoms. The first-order valence-corrected chi connectivity index (χ1v) is 8.16. The van der Waals surface area contributed by atoms with Crippen molar-refractivity contribution in [3.63, 3.8) is 0 Å². The molecule has 0 unspecified atom stereocenters. The minimum atomic E-state index is -0.724. The van der Waals surface area contributed by atoms with Gasteiger partial charge in [0.15, 0.2) is 23.3 Å². The van der Waals surface area contributed by atoms with Crippen molar-refractivity contribution < 1.29 is 18.0 Å². The first-order valence-electron chi connectivity index (χ1n) is 8.16. The quantitative estimate of drug-likeness (QED) is 0.434. The Hall–Kier alpha value is -2.64. The van der Waals surface area contributed by atoms with E-state index in [4.69, 9.17) is 9.26 Å². The monoisotopic (exact) mass is 352 g/mol. The van der Waals surface area contributed by atoms with Gasteiger partial charge in [0.05, 0.1) is 12.2 Å². The van der Waals surface area contributed by atoms with Crippen LogP contribution in [0.5, 0.6) is 5.75 Å². The summed E-state index contributed by atoms with van der Waals surface area (Å²) in [5.41, 5.74) is 0.887. The van der Waals surface area contributed by atoms with Crippen LogP contribution in [0.4, 0.5) is 8.78 Å². The van der Waals surface area contributed by atoms with Crippen molar-refractivity contribution in [3.05, 3.63) is 47.4 Å². The number of ether oxygens (including phenoxy) is 1. The van der Waals surface area contributed by atoms with E-state index in [0.717, 1.165) is 24.2 Å². The third-order valence-corrected chi connectivity index (χ3v) is 3.25. The molecule has 0 saturated carbocycles. The number of nitrogens with one attached hydrogen (secondary N) is 2. The van der Waals surface area contributed by atoms with Gasteiger partial charge in [-0.3, -0.25) is 0 Å². The van der Waals surface area contributed by atoms with E-state index >= 15 is 0 Å². The minimum absolute atomic E-state index is 0.0129. The van der Waals surface area contributed by atoms with Crippen molar-refractivity contribution in [1.29, 1.82) is 0 Å². The molecule has 0 radical (unpaired) electrons. The Kier molecular flexibility index (Phi) is 7.18. The first kappa shape index (κ1) is 18.7. The molecule has 1 aromatic heterocycles. The number of aromatic nitrogens is 1. The van der Waals surface area contributed by atoms with Crippen LogP contribution in [-0.4, -0.2) is 30.8 Å². The van der Waals surface area contributed by atoms with E-state index in [1.54, 1.807) is 0 Å². The molecule has 1 aromatic carbocycles. The van der Waals surface area contributed by atoms with E-state index in [2.05, 4.69) is 20.8 Å². The van der Waals surface area contributed by atoms with Gasteiger partial charge in [-0.05, 0) is 25.5 Å². The van der Waals surface area contributed by atoms with Gasteiger partial charge in [0.2, 0.25) is 0 Å². The van der Waals surface area contributed by atoms with Crippen LogP contribution in [0.25, 0.3) is 0 Å². The number of hydrogen-bond donors (Lipinski definition) is 2. The number of aryl methyl sites for hydroxylation is 1. The summed E-state index contributed by atoms with van der Waals surface area (Å²) in [6, 6.07) is 5.07. The number of hydrogen-bond acceptors (Lipinski definition) is 4. The number of benzene rings is 1. The smallest absolute Gasteiger partial charge is 0.191 e. The van der Waals surface area contributed by atoms with Gasteiger partial charge in [-0.25, -0.2) is 13.8 Å². The number of guanidine groups is 1. The number of rotatable bonds is 8. The van der Waals surface area contributed by atoms with Crippen molar-refractivity contribution in [1.82, 2.24) is 15.8 Å². The summed E-state index contributed by atoms with van der Waals surface area (Å²) in [4.78, 5) is 4.39. The molecule has 1 heterocycles. The molecule has 2 aromatic rings. The van der Waals surface area contributed by atoms with Crippen LogP contribution in [0.3, 0.4) is 0 Å². The Bertz CT molecular complexity index is 704. The van der Waals surface area contributed by atoms with Gasteiger partial charge in [-0.2, -0.15) is 0 Å². The number of aliphatic imine (C=N–C) groups is 1. The summed E-state index contributed by atoms with van der Waals surface area (Å²) in [5, 5.41) is 10.1. The van der Waals surface area contributed by atoms with Crippen LogP contribution < -0.4 is 15.4 Å². The van der Waals surface area contributed by atoms with Crippen LogP contribution in [0.15, 0.2) is 33.8 Å². The van der Waals surface area contributed by atoms with E-state index in [1.807, 2.05) is 19.9 Å². The molecule has 0 saturated heterocycles. The van der Waals surface area contributed by atoms with Crippen LogP contribution >= 0.6 is 0 Å². The van der Waals surface area contributed by atoms with Crippen molar-refractivity contribution >= 4 is 5.96 Å². The second kappa shape index (κ2) is 9.61. The Morgan fingerprint density at radius 2 is 2.08 bits per heavy atom. The van der Waals surface area contributed by atoms with E-state index in [9.17, 15) is 8.78 Å². The number of nitrogens with zero attached hydrogens (tertiary/aromatic N) is 2. The highest BCUT2D eigenvalue weighted by molar-refractivity contribution is 5.79. The highest BCUT2D eigenvalue weighted by Crippen LogP contribution is 2.17. The largest absolute Gasteiger partial charge is 0.489 e. The Labute approximate surface area is 145 Å². The highest BCUT2D eigenvalue weighted by atomic mass is 19.1. The fourth-order valence-corrected chi connectivity index (χ4v) is 2.02. The second-order valence-corrected chi connectivity index (χ2v) is 5.18. The van der Waals surface area contributed by atoms with Crippen LogP contribution in [0.1, 0.15) is 25.3 Å². The van der Waals surface area contributed by atoms with E-state index < -0.39 is 11.6 Å². The van der Waals surface area contributed by atoms with E-state index in [0.29, 0.717) is 31.4 Å². The maximum absolute atomic E-state index is 13.5. The third-order valence-electron chi connectivity index (χ3n) is 3.25. The Balaban J connectivity index is 1.81. The maximum atomic E-state index is 13.5. The molecular formula is C17H22F2N4O2. The van der Waals surface area contributed by atoms with Crippen LogP contribution in [0, 0.1) is 11.6 Å². The second-order valence-electron chi connectivity index (χ2n) is 5.18. The predicted molar refractivity (Wildman–Crippen MR) is 90.6 cm³/mol. The Morgan fingerprint density at radius 1 is 1.24 bits per heavy atom. The molecule has 0 fully saturated rings. The fraction of sp³-hybridized carbons (Fsp3) is 0.412. The lowest BCUT2D eigenvalue weighted by molar-refractivity contribution is 0.304. The number of halogens is 2. The standard InChI is InChI=1S/C17H22F2N4O2/c1-3-13-10-14(25-23-13)11-22-17(20-4-2)21-7-8-24-16-6-5-12(18)9-15(16)19/h5-6,9-10H,3-4,7-8,11H2,1-2H3,(H2,20,21,22). The lowest BCUT2D eigenvalue weighted by Gasteiger charge is -2.12. The van der Waals surface area contributed by atoms with Gasteiger partial charge < -0.3 is 19.9 Å². The maximum Gasteiger partial charge on any atom is 0.191 e. The molecule has 2 N–H and O–H groups in total. The van der Waals surface area contributed by atoms with Crippen molar-refractivity contribution in [2.45, 2.75) is 26.8 Å². The topological polar surface area (TPSA) is 71.7 Å². The predicted octanol–water partition coefficient (Wildman–Crippen LogP) is 2.65. The third kappa shape index (κ3) is 6.06. The van der Waals surface area contributed by atoms with Crippen LogP contribution in [-0.2, 0) is 13.0 Å². The van der Waals surface area contributed by atoms with Gasteiger partial charge in [-0.1, -0.05) is 12.1 Å². The average molecular weight is 352 g/mol. The molecule has 0 atom stereocenters. The van der Waals surface area contributed by atoms with Gasteiger partial charge in [0.25, 0.3) is 0 Å². The summed E-state index contributed by atoms with van der Waals surface area (Å²) in [6.07, 6.45) is 0.808. The van der Waals surface area contributed by atoms with Crippen molar-refractivity contribution in [2.24, 2.45) is 4.99 Å². The normalized spacial score (nSPS) is 11.4. The summed E-state index contributed by atoms with van der Waals surface area (Å²) >= 11 is 0. The molecule has 0 aliphatic heterocycles. The highest BCUT2D eigenvalue weighted by Gasteiger charge is 2.05. The van der Waals surface area contributed by atoms with Crippen LogP contribution in [0.2, 0.25) is 0 Å². The fourth-order valence-electron chi connectivity index (χ4n) is 2.02. The minimum Gasteiger partial charge on any atom is -0.489 e. The van der Waals surface area contributed by atoms with Gasteiger partial charge in [0.1, 0.15) is 19.0 Å². The lowest BCUT2D eigenvalue weighted by Crippen LogP contribution is -2.39. The van der Waals surface area contributed by atoms with Crippen molar-refractivity contribution in [2.75, 3.05) is 19.7 Å². The molecule has 0 aliphatic carbocycles. The zero-order chi connectivity index (χ0) is 18.1. The van der Waals surface area contributed by atoms with Gasteiger partial charge in [0, 0.05) is 18.7 Å². The zero-order valence-electron chi connectivity index (χ0n) is 14.3. The van der Waals surface area contributed by atoms with Gasteiger partial charge in [-0.15, -0.1) is 0 Å². The van der Waals surface area contributed by atoms with E-state index in [1.165, 1.54) is 6.07 Å². The summed E-state index contributed by atoms with van der Waals surface area (Å²) in [6.45, 7) is 5.60. The summed E-state index contributed by atoms with van der Waals surface area (Å²) < 4.78 is 36.8. The Morgan fingerprint density at radius 3 is 2.76 bits per heavy atom. The summed E-state index contributed by atoms with van der Waals surface area (Å²) in [7, 11) is 0. The zero-order valence-corrected chi connectivity index (χ0v) is 14.3. The molecule has 0 amide bonds. The average Bonchev–Trinajstić information content (AvgIpc) is 3.06. The molecule has 2 rings (SSSR count). The molecule has 6 nitrogen and oxygen atoms in total. The molecule has 0 spiro atoms. The van der Waals surface area contributed by atoms with E-state index in [-0.39, 0.29) is 12.4 Å². The van der Waals surface area contributed by atoms with Gasteiger partial charge >= 0.3 is 0 Å². The SMILES string of the molecule is CCNC(=NCc1cc(CC)no1)NCCOc1ccc(F)cc1F. The first-order chi connectivity index (χ1) is 12.1. The molecule has 0 aliphatic rings. The summed E-state index contributed by atoms with van der Waals surface area (Å²) in [5.74, 6) is -0.0847. The molecule has 0 bridgehead atoms. The molecule has 136 valence electrons. The molecular weight excluding hydrogens is 330 g/mol. The molecule has 8 heteroatoms. The lowest BCUT2D eigenvalue weighted by atomic mass is 10.3.